The number of nitrogens with zero attached hydrogens (tertiary/aromatic N) is 1. The van der Waals surface area contributed by atoms with Gasteiger partial charge in [0.05, 0.1) is 5.69 Å². The molecule has 0 radical (unpaired) electrons. The number of anilines is 1. The van der Waals surface area contributed by atoms with E-state index in [4.69, 9.17) is 10.2 Å². The van der Waals surface area contributed by atoms with Gasteiger partial charge in [0.2, 0.25) is 0 Å². The van der Waals surface area contributed by atoms with E-state index >= 15 is 0 Å². The summed E-state index contributed by atoms with van der Waals surface area (Å²) in [5, 5.41) is 0. The van der Waals surface area contributed by atoms with Gasteiger partial charge in [-0.1, -0.05) is 13.8 Å². The van der Waals surface area contributed by atoms with Crippen molar-refractivity contribution in [3.05, 3.63) is 23.6 Å². The molecule has 0 aliphatic rings. The fourth-order valence-electron chi connectivity index (χ4n) is 1.47. The Morgan fingerprint density at radius 1 is 1.36 bits per heavy atom. The molecule has 3 nitrogen and oxygen atoms in total. The SMILES string of the molecule is Cc1cc(N)c2oc(C(C)C)nc2c1. The molecule has 0 saturated carbocycles. The smallest absolute Gasteiger partial charge is 0.198 e. The molecule has 0 fully saturated rings. The molecule has 2 rings (SSSR count). The van der Waals surface area contributed by atoms with Crippen molar-refractivity contribution in [3.63, 3.8) is 0 Å². The molecule has 3 heteroatoms. The molecule has 74 valence electrons. The van der Waals surface area contributed by atoms with E-state index in [0.717, 1.165) is 17.0 Å². The molecule has 1 heterocycles. The van der Waals surface area contributed by atoms with Crippen molar-refractivity contribution in [1.82, 2.24) is 4.98 Å². The third-order valence-electron chi connectivity index (χ3n) is 2.17. The summed E-state index contributed by atoms with van der Waals surface area (Å²) < 4.78 is 5.58. The molecule has 14 heavy (non-hydrogen) atoms. The monoisotopic (exact) mass is 190 g/mol. The van der Waals surface area contributed by atoms with Crippen LogP contribution in [0.2, 0.25) is 0 Å². The minimum atomic E-state index is 0.294. The van der Waals surface area contributed by atoms with Crippen LogP contribution in [0, 0.1) is 6.92 Å². The Bertz CT molecular complexity index is 471. The second kappa shape index (κ2) is 3.01. The number of aryl methyl sites for hydroxylation is 1. The van der Waals surface area contributed by atoms with Gasteiger partial charge in [0.15, 0.2) is 11.5 Å². The largest absolute Gasteiger partial charge is 0.438 e. The molecule has 0 amide bonds. The summed E-state index contributed by atoms with van der Waals surface area (Å²) in [6.45, 7) is 6.10. The van der Waals surface area contributed by atoms with E-state index < -0.39 is 0 Å². The highest BCUT2D eigenvalue weighted by molar-refractivity contribution is 5.85. The number of rotatable bonds is 1. The Balaban J connectivity index is 2.70. The van der Waals surface area contributed by atoms with Gasteiger partial charge < -0.3 is 10.2 Å². The Kier molecular flexibility index (Phi) is 1.95. The third-order valence-corrected chi connectivity index (χ3v) is 2.17. The second-order valence-electron chi connectivity index (χ2n) is 3.91. The molecule has 0 atom stereocenters. The van der Waals surface area contributed by atoms with Gasteiger partial charge in [0, 0.05) is 5.92 Å². The van der Waals surface area contributed by atoms with Crippen LogP contribution in [-0.4, -0.2) is 4.98 Å². The van der Waals surface area contributed by atoms with Gasteiger partial charge in [-0.2, -0.15) is 0 Å². The zero-order chi connectivity index (χ0) is 10.3. The van der Waals surface area contributed by atoms with E-state index in [2.05, 4.69) is 4.98 Å². The summed E-state index contributed by atoms with van der Waals surface area (Å²) >= 11 is 0. The van der Waals surface area contributed by atoms with Crippen LogP contribution >= 0.6 is 0 Å². The van der Waals surface area contributed by atoms with E-state index in [1.165, 1.54) is 0 Å². The Morgan fingerprint density at radius 3 is 2.71 bits per heavy atom. The van der Waals surface area contributed by atoms with Crippen molar-refractivity contribution in [2.45, 2.75) is 26.7 Å². The van der Waals surface area contributed by atoms with Crippen LogP contribution in [0.4, 0.5) is 5.69 Å². The number of benzene rings is 1. The summed E-state index contributed by atoms with van der Waals surface area (Å²) in [6, 6.07) is 3.89. The third kappa shape index (κ3) is 1.35. The fraction of sp³-hybridized carbons (Fsp3) is 0.364. The number of oxazole rings is 1. The van der Waals surface area contributed by atoms with Crippen LogP contribution < -0.4 is 5.73 Å². The van der Waals surface area contributed by atoms with Crippen molar-refractivity contribution in [2.24, 2.45) is 0 Å². The molecule has 0 saturated heterocycles. The Morgan fingerprint density at radius 2 is 2.07 bits per heavy atom. The lowest BCUT2D eigenvalue weighted by Gasteiger charge is -1.96. The Labute approximate surface area is 82.9 Å². The van der Waals surface area contributed by atoms with E-state index in [1.807, 2.05) is 32.9 Å². The number of aromatic nitrogens is 1. The van der Waals surface area contributed by atoms with Crippen LogP contribution in [0.25, 0.3) is 11.1 Å². The highest BCUT2D eigenvalue weighted by Crippen LogP contribution is 2.26. The van der Waals surface area contributed by atoms with Crippen molar-refractivity contribution < 1.29 is 4.42 Å². The van der Waals surface area contributed by atoms with E-state index in [1.54, 1.807) is 0 Å². The standard InChI is InChI=1S/C11H14N2O/c1-6(2)11-13-9-5-7(3)4-8(12)10(9)14-11/h4-6H,12H2,1-3H3. The molecule has 0 unspecified atom stereocenters. The van der Waals surface area contributed by atoms with Gasteiger partial charge in [0.1, 0.15) is 5.52 Å². The highest BCUT2D eigenvalue weighted by Gasteiger charge is 2.11. The van der Waals surface area contributed by atoms with Gasteiger partial charge in [-0.25, -0.2) is 4.98 Å². The van der Waals surface area contributed by atoms with Crippen molar-refractivity contribution >= 4 is 16.8 Å². The number of nitrogen functional groups attached to an aromatic ring is 1. The Hall–Kier alpha value is -1.51. The zero-order valence-corrected chi connectivity index (χ0v) is 8.66. The lowest BCUT2D eigenvalue weighted by Crippen LogP contribution is -1.86. The topological polar surface area (TPSA) is 52.0 Å². The second-order valence-corrected chi connectivity index (χ2v) is 3.91. The van der Waals surface area contributed by atoms with Gasteiger partial charge in [0.25, 0.3) is 0 Å². The van der Waals surface area contributed by atoms with Crippen LogP contribution in [-0.2, 0) is 0 Å². The normalized spacial score (nSPS) is 11.4. The first-order valence-electron chi connectivity index (χ1n) is 4.74. The molecular formula is C11H14N2O. The van der Waals surface area contributed by atoms with Gasteiger partial charge in [-0.3, -0.25) is 0 Å². The first kappa shape index (κ1) is 9.06. The minimum absolute atomic E-state index is 0.294. The maximum Gasteiger partial charge on any atom is 0.198 e. The maximum atomic E-state index is 5.84. The lowest BCUT2D eigenvalue weighted by atomic mass is 10.2. The average molecular weight is 190 g/mol. The van der Waals surface area contributed by atoms with Crippen molar-refractivity contribution in [3.8, 4) is 0 Å². The summed E-state index contributed by atoms with van der Waals surface area (Å²) in [6.07, 6.45) is 0. The molecule has 2 aromatic rings. The predicted molar refractivity (Wildman–Crippen MR) is 57.2 cm³/mol. The molecular weight excluding hydrogens is 176 g/mol. The van der Waals surface area contributed by atoms with Crippen LogP contribution in [0.1, 0.15) is 31.2 Å². The summed E-state index contributed by atoms with van der Waals surface area (Å²) in [4.78, 5) is 4.39. The number of hydrogen-bond donors (Lipinski definition) is 1. The fourth-order valence-corrected chi connectivity index (χ4v) is 1.47. The molecule has 2 N–H and O–H groups in total. The van der Waals surface area contributed by atoms with Gasteiger partial charge >= 0.3 is 0 Å². The first-order valence-corrected chi connectivity index (χ1v) is 4.74. The average Bonchev–Trinajstić information content (AvgIpc) is 2.47. The minimum Gasteiger partial charge on any atom is -0.438 e. The van der Waals surface area contributed by atoms with E-state index in [9.17, 15) is 0 Å². The molecule has 0 aliphatic heterocycles. The molecule has 0 bridgehead atoms. The van der Waals surface area contributed by atoms with Crippen molar-refractivity contribution in [1.29, 1.82) is 0 Å². The van der Waals surface area contributed by atoms with E-state index in [-0.39, 0.29) is 0 Å². The number of fused-ring (bicyclic) bond motifs is 1. The van der Waals surface area contributed by atoms with Gasteiger partial charge in [-0.15, -0.1) is 0 Å². The number of nitrogens with two attached hydrogens (primary N) is 1. The zero-order valence-electron chi connectivity index (χ0n) is 8.66. The van der Waals surface area contributed by atoms with Crippen LogP contribution in [0.15, 0.2) is 16.5 Å². The van der Waals surface area contributed by atoms with Crippen LogP contribution in [0.5, 0.6) is 0 Å². The molecule has 1 aromatic heterocycles. The summed E-state index contributed by atoms with van der Waals surface area (Å²) in [5.41, 5.74) is 9.17. The molecule has 0 aliphatic carbocycles. The highest BCUT2D eigenvalue weighted by atomic mass is 16.3. The number of hydrogen-bond acceptors (Lipinski definition) is 3. The summed E-state index contributed by atoms with van der Waals surface area (Å²) in [5.74, 6) is 1.04. The lowest BCUT2D eigenvalue weighted by molar-refractivity contribution is 0.502. The van der Waals surface area contributed by atoms with E-state index in [0.29, 0.717) is 17.2 Å². The van der Waals surface area contributed by atoms with Crippen molar-refractivity contribution in [2.75, 3.05) is 5.73 Å². The molecule has 0 spiro atoms. The quantitative estimate of drug-likeness (QED) is 0.703. The van der Waals surface area contributed by atoms with Gasteiger partial charge in [-0.05, 0) is 24.6 Å². The predicted octanol–water partition coefficient (Wildman–Crippen LogP) is 2.84. The first-order chi connectivity index (χ1) is 6.58. The molecule has 1 aromatic carbocycles. The maximum absolute atomic E-state index is 5.84. The van der Waals surface area contributed by atoms with Crippen LogP contribution in [0.3, 0.4) is 0 Å². The summed E-state index contributed by atoms with van der Waals surface area (Å²) in [7, 11) is 0.